The van der Waals surface area contributed by atoms with Crippen molar-refractivity contribution in [2.75, 3.05) is 37.6 Å². The Kier molecular flexibility index (Phi) is 6.84. The Balaban J connectivity index is 0.00000121. The van der Waals surface area contributed by atoms with Crippen molar-refractivity contribution in [3.63, 3.8) is 0 Å². The van der Waals surface area contributed by atoms with Gasteiger partial charge in [0.05, 0.1) is 5.56 Å². The maximum Gasteiger partial charge on any atom is 0.416 e. The van der Waals surface area contributed by atoms with Crippen LogP contribution in [0.15, 0.2) is 24.3 Å². The van der Waals surface area contributed by atoms with Crippen LogP contribution < -0.4 is 4.90 Å². The largest absolute Gasteiger partial charge is 0.416 e. The monoisotopic (exact) mass is 356 g/mol. The molecule has 126 valence electrons. The summed E-state index contributed by atoms with van der Waals surface area (Å²) >= 11 is 0. The summed E-state index contributed by atoms with van der Waals surface area (Å²) in [5, 5.41) is 0. The van der Waals surface area contributed by atoms with Crippen molar-refractivity contribution in [3.05, 3.63) is 29.8 Å². The molecule has 0 spiro atoms. The second-order valence-electron chi connectivity index (χ2n) is 5.78. The van der Waals surface area contributed by atoms with Gasteiger partial charge in [-0.15, -0.1) is 24.8 Å². The molecule has 1 aromatic rings. The number of nitrogens with zero attached hydrogens (tertiary/aromatic N) is 2. The zero-order valence-corrected chi connectivity index (χ0v) is 13.8. The van der Waals surface area contributed by atoms with E-state index in [1.54, 1.807) is 6.07 Å². The standard InChI is InChI=1S/C15H19F3N2.2ClH/c16-15(17,18)13-2-1-3-14(10-13)20-8-6-19(7-9-20)11-12-4-5-12;;/h1-3,10,12H,4-9,11H2;2*1H. The molecule has 0 amide bonds. The molecule has 1 saturated carbocycles. The molecule has 1 aromatic carbocycles. The molecule has 0 bridgehead atoms. The lowest BCUT2D eigenvalue weighted by Gasteiger charge is -2.36. The molecule has 3 rings (SSSR count). The lowest BCUT2D eigenvalue weighted by molar-refractivity contribution is -0.137. The second kappa shape index (κ2) is 7.75. The highest BCUT2D eigenvalue weighted by atomic mass is 35.5. The molecule has 0 N–H and O–H groups in total. The number of hydrogen-bond donors (Lipinski definition) is 0. The molecule has 1 aliphatic heterocycles. The summed E-state index contributed by atoms with van der Waals surface area (Å²) < 4.78 is 38.2. The maximum atomic E-state index is 12.7. The van der Waals surface area contributed by atoms with E-state index in [1.165, 1.54) is 25.0 Å². The molecule has 2 nitrogen and oxygen atoms in total. The molecule has 1 heterocycles. The topological polar surface area (TPSA) is 6.48 Å². The minimum atomic E-state index is -4.26. The number of hydrogen-bond acceptors (Lipinski definition) is 2. The van der Waals surface area contributed by atoms with Crippen LogP contribution in [-0.2, 0) is 6.18 Å². The van der Waals surface area contributed by atoms with Gasteiger partial charge in [0.1, 0.15) is 0 Å². The molecule has 22 heavy (non-hydrogen) atoms. The van der Waals surface area contributed by atoms with Crippen LogP contribution in [0.5, 0.6) is 0 Å². The first-order valence-electron chi connectivity index (χ1n) is 7.17. The van der Waals surface area contributed by atoms with Gasteiger partial charge in [-0.3, -0.25) is 4.90 Å². The maximum absolute atomic E-state index is 12.7. The summed E-state index contributed by atoms with van der Waals surface area (Å²) in [5.41, 5.74) is 0.126. The fourth-order valence-corrected chi connectivity index (χ4v) is 2.73. The Hall–Kier alpha value is -0.650. The third-order valence-electron chi connectivity index (χ3n) is 4.12. The van der Waals surface area contributed by atoms with Crippen molar-refractivity contribution in [3.8, 4) is 0 Å². The van der Waals surface area contributed by atoms with Gasteiger partial charge in [0.15, 0.2) is 0 Å². The van der Waals surface area contributed by atoms with E-state index in [2.05, 4.69) is 9.80 Å². The first-order valence-corrected chi connectivity index (χ1v) is 7.17. The van der Waals surface area contributed by atoms with Crippen LogP contribution in [0, 0.1) is 5.92 Å². The summed E-state index contributed by atoms with van der Waals surface area (Å²) in [6, 6.07) is 5.66. The molecule has 1 aliphatic carbocycles. The van der Waals surface area contributed by atoms with Gasteiger partial charge in [-0.1, -0.05) is 6.07 Å². The number of alkyl halides is 3. The third kappa shape index (κ3) is 4.93. The van der Waals surface area contributed by atoms with Crippen LogP contribution in [0.4, 0.5) is 18.9 Å². The van der Waals surface area contributed by atoms with Crippen LogP contribution in [-0.4, -0.2) is 37.6 Å². The summed E-state index contributed by atoms with van der Waals surface area (Å²) in [6.45, 7) is 4.69. The smallest absolute Gasteiger partial charge is 0.369 e. The highest BCUT2D eigenvalue weighted by Crippen LogP contribution is 2.32. The van der Waals surface area contributed by atoms with E-state index < -0.39 is 11.7 Å². The van der Waals surface area contributed by atoms with Crippen molar-refractivity contribution >= 4 is 30.5 Å². The normalized spacial score (nSPS) is 19.3. The molecular formula is C15H21Cl2F3N2. The Bertz CT molecular complexity index is 470. The Morgan fingerprint density at radius 2 is 1.64 bits per heavy atom. The molecule has 7 heteroatoms. The fourth-order valence-electron chi connectivity index (χ4n) is 2.73. The number of halogens is 5. The molecule has 2 fully saturated rings. The van der Waals surface area contributed by atoms with Gasteiger partial charge in [-0.05, 0) is 37.0 Å². The van der Waals surface area contributed by atoms with Gasteiger partial charge >= 0.3 is 6.18 Å². The molecular weight excluding hydrogens is 336 g/mol. The lowest BCUT2D eigenvalue weighted by atomic mass is 10.1. The zero-order chi connectivity index (χ0) is 14.2. The van der Waals surface area contributed by atoms with Crippen molar-refractivity contribution in [2.24, 2.45) is 5.92 Å². The van der Waals surface area contributed by atoms with Crippen LogP contribution in [0.25, 0.3) is 0 Å². The van der Waals surface area contributed by atoms with E-state index in [1.807, 2.05) is 0 Å². The summed E-state index contributed by atoms with van der Waals surface area (Å²) in [6.07, 6.45) is -1.58. The van der Waals surface area contributed by atoms with E-state index in [4.69, 9.17) is 0 Å². The predicted octanol–water partition coefficient (Wildman–Crippen LogP) is 4.08. The molecule has 0 aromatic heterocycles. The first-order chi connectivity index (χ1) is 9.52. The molecule has 2 aliphatic rings. The SMILES string of the molecule is Cl.Cl.FC(F)(F)c1cccc(N2CCN(CC3CC3)CC2)c1. The summed E-state index contributed by atoms with van der Waals surface area (Å²) in [7, 11) is 0. The van der Waals surface area contributed by atoms with Gasteiger partial charge in [0.25, 0.3) is 0 Å². The number of anilines is 1. The van der Waals surface area contributed by atoms with Crippen molar-refractivity contribution < 1.29 is 13.2 Å². The van der Waals surface area contributed by atoms with E-state index in [0.29, 0.717) is 5.69 Å². The van der Waals surface area contributed by atoms with Crippen LogP contribution in [0.2, 0.25) is 0 Å². The van der Waals surface area contributed by atoms with Crippen molar-refractivity contribution in [1.29, 1.82) is 0 Å². The van der Waals surface area contributed by atoms with Gasteiger partial charge in [0, 0.05) is 38.4 Å². The van der Waals surface area contributed by atoms with Crippen molar-refractivity contribution in [1.82, 2.24) is 4.90 Å². The molecule has 0 atom stereocenters. The molecule has 0 radical (unpaired) electrons. The van der Waals surface area contributed by atoms with Gasteiger partial charge in [0.2, 0.25) is 0 Å². The van der Waals surface area contributed by atoms with Gasteiger partial charge in [-0.2, -0.15) is 13.2 Å². The minimum absolute atomic E-state index is 0. The minimum Gasteiger partial charge on any atom is -0.369 e. The Morgan fingerprint density at radius 1 is 1.00 bits per heavy atom. The van der Waals surface area contributed by atoms with Crippen LogP contribution in [0.1, 0.15) is 18.4 Å². The average Bonchev–Trinajstić information content (AvgIpc) is 3.23. The van der Waals surface area contributed by atoms with Crippen LogP contribution >= 0.6 is 24.8 Å². The third-order valence-corrected chi connectivity index (χ3v) is 4.12. The Labute approximate surface area is 141 Å². The first kappa shape index (κ1) is 19.4. The highest BCUT2D eigenvalue weighted by Gasteiger charge is 2.31. The number of benzene rings is 1. The predicted molar refractivity (Wildman–Crippen MR) is 87.3 cm³/mol. The lowest BCUT2D eigenvalue weighted by Crippen LogP contribution is -2.47. The van der Waals surface area contributed by atoms with E-state index in [9.17, 15) is 13.2 Å². The quantitative estimate of drug-likeness (QED) is 0.804. The van der Waals surface area contributed by atoms with Gasteiger partial charge in [-0.25, -0.2) is 0 Å². The Morgan fingerprint density at radius 3 is 2.18 bits per heavy atom. The van der Waals surface area contributed by atoms with E-state index in [-0.39, 0.29) is 24.8 Å². The summed E-state index contributed by atoms with van der Waals surface area (Å²) in [4.78, 5) is 4.49. The van der Waals surface area contributed by atoms with Crippen LogP contribution in [0.3, 0.4) is 0 Å². The highest BCUT2D eigenvalue weighted by molar-refractivity contribution is 5.85. The van der Waals surface area contributed by atoms with E-state index in [0.717, 1.165) is 44.7 Å². The van der Waals surface area contributed by atoms with Crippen molar-refractivity contribution in [2.45, 2.75) is 19.0 Å². The average molecular weight is 357 g/mol. The fraction of sp³-hybridized carbons (Fsp3) is 0.600. The molecule has 1 saturated heterocycles. The number of piperazine rings is 1. The number of rotatable bonds is 3. The second-order valence-corrected chi connectivity index (χ2v) is 5.78. The zero-order valence-electron chi connectivity index (χ0n) is 12.2. The molecule has 0 unspecified atom stereocenters. The van der Waals surface area contributed by atoms with Gasteiger partial charge < -0.3 is 4.90 Å². The summed E-state index contributed by atoms with van der Waals surface area (Å²) in [5.74, 6) is 0.870. The van der Waals surface area contributed by atoms with E-state index >= 15 is 0 Å².